The summed E-state index contributed by atoms with van der Waals surface area (Å²) < 4.78 is 0. The second-order valence-corrected chi connectivity index (χ2v) is 5.07. The second kappa shape index (κ2) is 5.79. The standard InChI is InChI=1S/C17H16N2O2/c20-17(21)13-7-3-8-14(11-13)18-19-16-10-4-6-12-5-1-2-9-15(12)16/h1-3,5,7-9,11,18H,4,6,10H2,(H,20,21). The van der Waals surface area contributed by atoms with Crippen molar-refractivity contribution in [2.24, 2.45) is 5.10 Å². The topological polar surface area (TPSA) is 61.7 Å². The molecule has 4 heteroatoms. The summed E-state index contributed by atoms with van der Waals surface area (Å²) in [6.45, 7) is 0. The molecule has 0 spiro atoms. The van der Waals surface area contributed by atoms with E-state index in [1.807, 2.05) is 18.2 Å². The van der Waals surface area contributed by atoms with Crippen LogP contribution in [0.2, 0.25) is 0 Å². The molecule has 2 aromatic rings. The summed E-state index contributed by atoms with van der Waals surface area (Å²) in [4.78, 5) is 11.0. The summed E-state index contributed by atoms with van der Waals surface area (Å²) in [5.41, 5.74) is 7.45. The highest BCUT2D eigenvalue weighted by Crippen LogP contribution is 2.22. The summed E-state index contributed by atoms with van der Waals surface area (Å²) in [6, 6.07) is 15.0. The van der Waals surface area contributed by atoms with E-state index in [1.165, 1.54) is 11.1 Å². The van der Waals surface area contributed by atoms with Gasteiger partial charge in [-0.25, -0.2) is 4.79 Å². The van der Waals surface area contributed by atoms with Crippen LogP contribution in [0.5, 0.6) is 0 Å². The Hall–Kier alpha value is -2.62. The van der Waals surface area contributed by atoms with E-state index in [0.29, 0.717) is 5.69 Å². The summed E-state index contributed by atoms with van der Waals surface area (Å²) >= 11 is 0. The quantitative estimate of drug-likeness (QED) is 0.845. The van der Waals surface area contributed by atoms with Crippen LogP contribution in [0.1, 0.15) is 34.3 Å². The van der Waals surface area contributed by atoms with E-state index in [1.54, 1.807) is 18.2 Å². The van der Waals surface area contributed by atoms with Crippen LogP contribution in [-0.2, 0) is 6.42 Å². The van der Waals surface area contributed by atoms with Gasteiger partial charge in [0.1, 0.15) is 0 Å². The van der Waals surface area contributed by atoms with Gasteiger partial charge in [0, 0.05) is 5.56 Å². The number of anilines is 1. The fourth-order valence-corrected chi connectivity index (χ4v) is 2.57. The lowest BCUT2D eigenvalue weighted by atomic mass is 9.90. The van der Waals surface area contributed by atoms with Crippen molar-refractivity contribution in [1.29, 1.82) is 0 Å². The Morgan fingerprint density at radius 3 is 2.81 bits per heavy atom. The number of nitrogens with one attached hydrogen (secondary N) is 1. The number of fused-ring (bicyclic) bond motifs is 1. The molecule has 3 rings (SSSR count). The molecule has 0 heterocycles. The Balaban J connectivity index is 1.84. The van der Waals surface area contributed by atoms with Gasteiger partial charge in [-0.05, 0) is 43.0 Å². The van der Waals surface area contributed by atoms with Crippen molar-refractivity contribution in [2.45, 2.75) is 19.3 Å². The van der Waals surface area contributed by atoms with Crippen LogP contribution in [0.3, 0.4) is 0 Å². The molecule has 4 nitrogen and oxygen atoms in total. The van der Waals surface area contributed by atoms with E-state index in [9.17, 15) is 4.79 Å². The molecule has 0 aliphatic heterocycles. The highest BCUT2D eigenvalue weighted by Gasteiger charge is 2.14. The lowest BCUT2D eigenvalue weighted by molar-refractivity contribution is 0.0697. The Morgan fingerprint density at radius 1 is 1.10 bits per heavy atom. The number of aromatic carboxylic acids is 1. The zero-order valence-corrected chi connectivity index (χ0v) is 11.5. The van der Waals surface area contributed by atoms with Crippen LogP contribution in [0, 0.1) is 0 Å². The SMILES string of the molecule is O=C(O)c1cccc(NN=C2CCCc3ccccc32)c1. The normalized spacial score (nSPS) is 15.5. The van der Waals surface area contributed by atoms with Crippen molar-refractivity contribution in [3.05, 3.63) is 65.2 Å². The zero-order chi connectivity index (χ0) is 14.7. The van der Waals surface area contributed by atoms with Gasteiger partial charge >= 0.3 is 5.97 Å². The number of hydrogen-bond acceptors (Lipinski definition) is 3. The van der Waals surface area contributed by atoms with Crippen LogP contribution in [0.15, 0.2) is 53.6 Å². The number of nitrogens with zero attached hydrogens (tertiary/aromatic N) is 1. The average Bonchev–Trinajstić information content (AvgIpc) is 2.53. The molecule has 0 atom stereocenters. The Bertz CT molecular complexity index is 707. The number of carboxylic acids is 1. The largest absolute Gasteiger partial charge is 0.478 e. The first-order chi connectivity index (χ1) is 10.2. The van der Waals surface area contributed by atoms with Crippen LogP contribution in [0.4, 0.5) is 5.69 Å². The minimum atomic E-state index is -0.936. The van der Waals surface area contributed by atoms with Crippen molar-refractivity contribution in [1.82, 2.24) is 0 Å². The number of hydrogen-bond donors (Lipinski definition) is 2. The summed E-state index contributed by atoms with van der Waals surface area (Å²) in [5, 5.41) is 13.5. The van der Waals surface area contributed by atoms with Crippen molar-refractivity contribution in [3.8, 4) is 0 Å². The van der Waals surface area contributed by atoms with Gasteiger partial charge in [0.2, 0.25) is 0 Å². The summed E-state index contributed by atoms with van der Waals surface area (Å²) in [5.74, 6) is -0.936. The van der Waals surface area contributed by atoms with Gasteiger partial charge in [0.05, 0.1) is 17.0 Å². The molecule has 1 aliphatic rings. The molecule has 0 aromatic heterocycles. The van der Waals surface area contributed by atoms with E-state index in [2.05, 4.69) is 22.7 Å². The van der Waals surface area contributed by atoms with Crippen molar-refractivity contribution in [3.63, 3.8) is 0 Å². The Kier molecular flexibility index (Phi) is 3.69. The predicted molar refractivity (Wildman–Crippen MR) is 82.9 cm³/mol. The fourth-order valence-electron chi connectivity index (χ4n) is 2.57. The third-order valence-electron chi connectivity index (χ3n) is 3.62. The molecule has 0 unspecified atom stereocenters. The first-order valence-electron chi connectivity index (χ1n) is 6.98. The van der Waals surface area contributed by atoms with Gasteiger partial charge in [0.15, 0.2) is 0 Å². The van der Waals surface area contributed by atoms with Crippen molar-refractivity contribution >= 4 is 17.4 Å². The van der Waals surface area contributed by atoms with Gasteiger partial charge in [-0.1, -0.05) is 30.3 Å². The summed E-state index contributed by atoms with van der Waals surface area (Å²) in [7, 11) is 0. The predicted octanol–water partition coefficient (Wildman–Crippen LogP) is 3.54. The third-order valence-corrected chi connectivity index (χ3v) is 3.62. The smallest absolute Gasteiger partial charge is 0.335 e. The molecule has 0 saturated carbocycles. The number of aryl methyl sites for hydroxylation is 1. The molecule has 0 bridgehead atoms. The van der Waals surface area contributed by atoms with Gasteiger partial charge in [-0.3, -0.25) is 5.43 Å². The fraction of sp³-hybridized carbons (Fsp3) is 0.176. The van der Waals surface area contributed by atoms with Gasteiger partial charge in [-0.15, -0.1) is 0 Å². The number of carboxylic acid groups (broad SMARTS) is 1. The molecular weight excluding hydrogens is 264 g/mol. The minimum absolute atomic E-state index is 0.254. The maximum atomic E-state index is 11.0. The van der Waals surface area contributed by atoms with Crippen LogP contribution in [0.25, 0.3) is 0 Å². The van der Waals surface area contributed by atoms with Gasteiger partial charge < -0.3 is 5.11 Å². The van der Waals surface area contributed by atoms with Crippen LogP contribution in [-0.4, -0.2) is 16.8 Å². The minimum Gasteiger partial charge on any atom is -0.478 e. The van der Waals surface area contributed by atoms with E-state index in [4.69, 9.17) is 5.11 Å². The Labute approximate surface area is 123 Å². The van der Waals surface area contributed by atoms with E-state index in [0.717, 1.165) is 25.0 Å². The maximum Gasteiger partial charge on any atom is 0.335 e. The number of rotatable bonds is 3. The highest BCUT2D eigenvalue weighted by atomic mass is 16.4. The lowest BCUT2D eigenvalue weighted by Gasteiger charge is -2.17. The Morgan fingerprint density at radius 2 is 1.95 bits per heavy atom. The molecule has 1 aliphatic carbocycles. The summed E-state index contributed by atoms with van der Waals surface area (Å²) in [6.07, 6.45) is 3.11. The van der Waals surface area contributed by atoms with E-state index in [-0.39, 0.29) is 5.56 Å². The first-order valence-corrected chi connectivity index (χ1v) is 6.98. The molecule has 21 heavy (non-hydrogen) atoms. The third kappa shape index (κ3) is 2.94. The lowest BCUT2D eigenvalue weighted by Crippen LogP contribution is -2.13. The van der Waals surface area contributed by atoms with Crippen LogP contribution < -0.4 is 5.43 Å². The van der Waals surface area contributed by atoms with Crippen molar-refractivity contribution in [2.75, 3.05) is 5.43 Å². The molecule has 0 saturated heterocycles. The van der Waals surface area contributed by atoms with Gasteiger partial charge in [0.25, 0.3) is 0 Å². The van der Waals surface area contributed by atoms with E-state index >= 15 is 0 Å². The molecule has 2 aromatic carbocycles. The van der Waals surface area contributed by atoms with Crippen molar-refractivity contribution < 1.29 is 9.90 Å². The molecule has 2 N–H and O–H groups in total. The number of benzene rings is 2. The average molecular weight is 280 g/mol. The first kappa shape index (κ1) is 13.4. The molecule has 0 radical (unpaired) electrons. The number of hydrazone groups is 1. The monoisotopic (exact) mass is 280 g/mol. The van der Waals surface area contributed by atoms with Crippen LogP contribution >= 0.6 is 0 Å². The molecular formula is C17H16N2O2. The van der Waals surface area contributed by atoms with Gasteiger partial charge in [-0.2, -0.15) is 5.10 Å². The number of carbonyl (C=O) groups is 1. The molecule has 106 valence electrons. The zero-order valence-electron chi connectivity index (χ0n) is 11.5. The molecule has 0 fully saturated rings. The maximum absolute atomic E-state index is 11.0. The van der Waals surface area contributed by atoms with E-state index < -0.39 is 5.97 Å². The highest BCUT2D eigenvalue weighted by molar-refractivity contribution is 6.03. The second-order valence-electron chi connectivity index (χ2n) is 5.07. The molecule has 0 amide bonds.